The Hall–Kier alpha value is -4.61. The molecule has 5 aliphatic heterocycles. The minimum atomic E-state index is -0.649. The third-order valence-electron chi connectivity index (χ3n) is 14.2. The van der Waals surface area contributed by atoms with Crippen molar-refractivity contribution in [3.8, 4) is 35.2 Å². The van der Waals surface area contributed by atoms with Crippen LogP contribution < -0.4 is 9.64 Å². The summed E-state index contributed by atoms with van der Waals surface area (Å²) in [6, 6.07) is 6.26. The molecule has 6 fully saturated rings. The van der Waals surface area contributed by atoms with Crippen LogP contribution in [0.25, 0.3) is 43.7 Å². The molecule has 5 saturated heterocycles. The van der Waals surface area contributed by atoms with Gasteiger partial charge in [0.1, 0.15) is 28.4 Å². The van der Waals surface area contributed by atoms with Crippen LogP contribution in [0.1, 0.15) is 50.5 Å². The van der Waals surface area contributed by atoms with Gasteiger partial charge in [0.2, 0.25) is 0 Å². The molecule has 1 aliphatic carbocycles. The first-order valence-corrected chi connectivity index (χ1v) is 21.0. The normalized spacial score (nSPS) is 24.3. The van der Waals surface area contributed by atoms with Crippen LogP contribution in [-0.2, 0) is 16.5 Å². The van der Waals surface area contributed by atoms with Crippen LogP contribution in [0.4, 0.5) is 14.6 Å². The highest BCUT2D eigenvalue weighted by atomic mass is 19.1. The molecule has 7 heterocycles. The number of rotatable bonds is 9. The number of piperazine rings is 1. The fourth-order valence-electron chi connectivity index (χ4n) is 10.9. The number of hydrogen-bond acceptors (Lipinski definition) is 10. The number of nitrogens with zero attached hydrogens (tertiary/aromatic N) is 7. The zero-order valence-corrected chi connectivity index (χ0v) is 33.0. The highest BCUT2D eigenvalue weighted by Gasteiger charge is 2.48. The fourth-order valence-corrected chi connectivity index (χ4v) is 10.9. The van der Waals surface area contributed by atoms with Crippen molar-refractivity contribution in [1.82, 2.24) is 29.5 Å². The van der Waals surface area contributed by atoms with Gasteiger partial charge in [0, 0.05) is 85.8 Å². The first-order chi connectivity index (χ1) is 28.2. The maximum atomic E-state index is 17.9. The number of phenols is 1. The van der Waals surface area contributed by atoms with Crippen molar-refractivity contribution in [3.63, 3.8) is 0 Å². The van der Waals surface area contributed by atoms with Gasteiger partial charge >= 0.3 is 6.01 Å². The van der Waals surface area contributed by atoms with Gasteiger partial charge in [-0.1, -0.05) is 12.0 Å². The van der Waals surface area contributed by atoms with E-state index in [9.17, 15) is 5.11 Å². The van der Waals surface area contributed by atoms with E-state index in [0.717, 1.165) is 97.8 Å². The molecule has 1 N–H and O–H groups in total. The lowest BCUT2D eigenvalue weighted by Crippen LogP contribution is -2.56. The zero-order chi connectivity index (χ0) is 39.3. The minimum absolute atomic E-state index is 0.00175. The van der Waals surface area contributed by atoms with E-state index in [1.807, 2.05) is 6.20 Å². The number of hydrogen-bond donors (Lipinski definition) is 1. The summed E-state index contributed by atoms with van der Waals surface area (Å²) in [4.78, 5) is 17.7. The molecule has 2 unspecified atom stereocenters. The summed E-state index contributed by atoms with van der Waals surface area (Å²) in [5.74, 6) is 2.33. The number of aromatic nitrogens is 4. The SMILES string of the molecule is C#Cc1c(F)ccc2cc(O)cc(-c3c(F)c4nc(OCC5(CN6CCC7(CCOC7)CC6)CC5)nc(N5C6CCC5CN(CC5COC5)C6)c4c4cn(C)nc34)c12. The summed E-state index contributed by atoms with van der Waals surface area (Å²) in [6.45, 7) is 9.69. The van der Waals surface area contributed by atoms with Gasteiger partial charge in [-0.25, -0.2) is 8.78 Å². The van der Waals surface area contributed by atoms with Crippen LogP contribution in [0.3, 0.4) is 0 Å². The van der Waals surface area contributed by atoms with Gasteiger partial charge in [-0.3, -0.25) is 9.58 Å². The number of aryl methyl sites for hydroxylation is 1. The molecule has 6 aliphatic rings. The molecule has 3 aromatic carbocycles. The minimum Gasteiger partial charge on any atom is -0.508 e. The number of piperidine rings is 1. The molecular formula is C45H49F2N7O4. The van der Waals surface area contributed by atoms with Gasteiger partial charge in [-0.15, -0.1) is 6.42 Å². The number of ether oxygens (including phenoxy) is 3. The number of terminal acetylenes is 1. The Kier molecular flexibility index (Phi) is 8.63. The molecule has 13 heteroatoms. The van der Waals surface area contributed by atoms with Gasteiger partial charge in [0.05, 0.1) is 37.4 Å². The Bertz CT molecular complexity index is 2480. The van der Waals surface area contributed by atoms with Crippen molar-refractivity contribution in [2.45, 2.75) is 57.0 Å². The summed E-state index contributed by atoms with van der Waals surface area (Å²) < 4.78 is 52.8. The molecule has 2 aromatic heterocycles. The molecule has 58 heavy (non-hydrogen) atoms. The first kappa shape index (κ1) is 36.5. The molecule has 5 aromatic rings. The number of anilines is 1. The molecule has 302 valence electrons. The number of phenolic OH excluding ortho intramolecular Hbond substituents is 1. The van der Waals surface area contributed by atoms with Crippen molar-refractivity contribution in [3.05, 3.63) is 47.7 Å². The fraction of sp³-hybridized carbons (Fsp3) is 0.533. The van der Waals surface area contributed by atoms with Crippen molar-refractivity contribution in [1.29, 1.82) is 0 Å². The molecule has 2 bridgehead atoms. The van der Waals surface area contributed by atoms with E-state index in [0.29, 0.717) is 50.8 Å². The standard InChI is InChI=1S/C45H49F2N7O4/c1-3-32-35(46)7-4-28-16-31(55)17-33(36(28)32)37-39(47)41-38(34-21-51(2)50-40(34)37)42(54-29-5-6-30(54)20-53(19-29)18-27-22-57-23-27)49-43(48-41)58-26-45(8-9-45)24-52-13-10-44(11-14-52)12-15-56-25-44/h1,4,7,16-17,21,27,29-30,55H,5-6,8-15,18-20,22-26H2,2H3. The second-order valence-corrected chi connectivity index (χ2v) is 18.2. The number of benzene rings is 3. The molecule has 1 saturated carbocycles. The van der Waals surface area contributed by atoms with Crippen LogP contribution in [-0.4, -0.2) is 119 Å². The van der Waals surface area contributed by atoms with Crippen molar-refractivity contribution < 1.29 is 28.1 Å². The van der Waals surface area contributed by atoms with Gasteiger partial charge in [-0.05, 0) is 92.6 Å². The van der Waals surface area contributed by atoms with E-state index in [1.54, 1.807) is 17.8 Å². The molecule has 11 rings (SSSR count). The Labute approximate surface area is 336 Å². The average Bonchev–Trinajstić information content (AvgIpc) is 3.46. The maximum absolute atomic E-state index is 17.9. The first-order valence-electron chi connectivity index (χ1n) is 21.0. The van der Waals surface area contributed by atoms with Crippen LogP contribution in [0.2, 0.25) is 0 Å². The van der Waals surface area contributed by atoms with Gasteiger partial charge in [0.15, 0.2) is 5.82 Å². The summed E-state index contributed by atoms with van der Waals surface area (Å²) in [6.07, 6.45) is 15.4. The van der Waals surface area contributed by atoms with Crippen LogP contribution in [0, 0.1) is 40.7 Å². The summed E-state index contributed by atoms with van der Waals surface area (Å²) in [5, 5.41) is 17.8. The number of halogens is 2. The molecule has 2 atom stereocenters. The van der Waals surface area contributed by atoms with Gasteiger partial charge in [-0.2, -0.15) is 15.1 Å². The Balaban J connectivity index is 1.02. The predicted octanol–water partition coefficient (Wildman–Crippen LogP) is 6.26. The summed E-state index contributed by atoms with van der Waals surface area (Å²) in [5.41, 5.74) is 1.12. The highest BCUT2D eigenvalue weighted by molar-refractivity contribution is 6.18. The smallest absolute Gasteiger partial charge is 0.319 e. The second-order valence-electron chi connectivity index (χ2n) is 18.2. The second kappa shape index (κ2) is 13.7. The van der Waals surface area contributed by atoms with Crippen LogP contribution in [0.5, 0.6) is 11.8 Å². The van der Waals surface area contributed by atoms with E-state index in [-0.39, 0.29) is 51.5 Å². The molecule has 11 nitrogen and oxygen atoms in total. The molecule has 0 amide bonds. The molecule has 0 radical (unpaired) electrons. The van der Waals surface area contributed by atoms with Gasteiger partial charge < -0.3 is 29.1 Å². The van der Waals surface area contributed by atoms with Crippen LogP contribution in [0.15, 0.2) is 30.5 Å². The van der Waals surface area contributed by atoms with Crippen molar-refractivity contribution in [2.75, 3.05) is 77.2 Å². The Morgan fingerprint density at radius 2 is 1.76 bits per heavy atom. The Morgan fingerprint density at radius 3 is 2.45 bits per heavy atom. The van der Waals surface area contributed by atoms with Crippen molar-refractivity contribution >= 4 is 38.4 Å². The third kappa shape index (κ3) is 6.09. The third-order valence-corrected chi connectivity index (χ3v) is 14.2. The summed E-state index contributed by atoms with van der Waals surface area (Å²) in [7, 11) is 1.80. The van der Waals surface area contributed by atoms with E-state index in [1.165, 1.54) is 31.0 Å². The molecule has 1 spiro atoms. The lowest BCUT2D eigenvalue weighted by molar-refractivity contribution is -0.0484. The number of fused-ring (bicyclic) bond motifs is 6. The quantitative estimate of drug-likeness (QED) is 0.172. The molecular weight excluding hydrogens is 741 g/mol. The predicted molar refractivity (Wildman–Crippen MR) is 217 cm³/mol. The van der Waals surface area contributed by atoms with Crippen molar-refractivity contribution in [2.24, 2.45) is 23.8 Å². The van der Waals surface area contributed by atoms with E-state index >= 15 is 8.78 Å². The average molecular weight is 790 g/mol. The number of likely N-dealkylation sites (tertiary alicyclic amines) is 2. The largest absolute Gasteiger partial charge is 0.508 e. The van der Waals surface area contributed by atoms with Crippen LogP contribution >= 0.6 is 0 Å². The van der Waals surface area contributed by atoms with E-state index in [2.05, 4.69) is 20.6 Å². The lowest BCUT2D eigenvalue weighted by Gasteiger charge is -2.44. The monoisotopic (exact) mass is 789 g/mol. The van der Waals surface area contributed by atoms with E-state index in [4.69, 9.17) is 35.7 Å². The highest BCUT2D eigenvalue weighted by Crippen LogP contribution is 2.50. The topological polar surface area (TPSA) is 101 Å². The lowest BCUT2D eigenvalue weighted by atomic mass is 9.78. The number of aromatic hydroxyl groups is 1. The zero-order valence-electron chi connectivity index (χ0n) is 33.0. The van der Waals surface area contributed by atoms with E-state index < -0.39 is 11.6 Å². The maximum Gasteiger partial charge on any atom is 0.319 e. The van der Waals surface area contributed by atoms with Gasteiger partial charge in [0.25, 0.3) is 0 Å². The summed E-state index contributed by atoms with van der Waals surface area (Å²) >= 11 is 0. The Morgan fingerprint density at radius 1 is 0.966 bits per heavy atom.